The molecule has 3 rings (SSSR count). The Bertz CT molecular complexity index is 1120. The fourth-order valence-electron chi connectivity index (χ4n) is 3.12. The van der Waals surface area contributed by atoms with E-state index in [2.05, 4.69) is 10.3 Å². The highest BCUT2D eigenvalue weighted by molar-refractivity contribution is 8.01. The highest BCUT2D eigenvalue weighted by Gasteiger charge is 2.15. The van der Waals surface area contributed by atoms with Crippen LogP contribution >= 0.6 is 23.1 Å². The van der Waals surface area contributed by atoms with Crippen molar-refractivity contribution >= 4 is 40.1 Å². The first-order valence-corrected chi connectivity index (χ1v) is 13.3. The highest BCUT2D eigenvalue weighted by Crippen LogP contribution is 2.30. The molecule has 0 aliphatic heterocycles. The Morgan fingerprint density at radius 3 is 2.67 bits per heavy atom. The van der Waals surface area contributed by atoms with E-state index >= 15 is 0 Å². The van der Waals surface area contributed by atoms with Crippen LogP contribution in [0.1, 0.15) is 36.2 Å². The van der Waals surface area contributed by atoms with Gasteiger partial charge in [0.1, 0.15) is 24.2 Å². The summed E-state index contributed by atoms with van der Waals surface area (Å²) in [6, 6.07) is 14.9. The van der Waals surface area contributed by atoms with Gasteiger partial charge in [-0.15, -0.1) is 11.8 Å². The van der Waals surface area contributed by atoms with Crippen molar-refractivity contribution in [2.45, 2.75) is 37.2 Å². The Balaban J connectivity index is 1.67. The molecule has 0 radical (unpaired) electrons. The molecule has 3 aromatic rings. The summed E-state index contributed by atoms with van der Waals surface area (Å²) in [7, 11) is 1.61. The van der Waals surface area contributed by atoms with Gasteiger partial charge in [0.2, 0.25) is 0 Å². The number of rotatable bonds is 14. The summed E-state index contributed by atoms with van der Waals surface area (Å²) < 4.78 is 22.9. The standard InChI is InChI=1S/C26H30N2O6S2/c1-4-32-23(29)10-11-35-24-15-27-26(36-24)28-25(30)20-12-21(33-17-19-8-6-5-7-9-19)14-22(13-20)34-18(2)16-31-3/h5-9,12-15,18H,4,10-11,16-17H2,1-3H3,(H,27,28,30)/t18-/m0/s1. The zero-order valence-electron chi connectivity index (χ0n) is 20.5. The quantitative estimate of drug-likeness (QED) is 0.218. The van der Waals surface area contributed by atoms with Crippen molar-refractivity contribution in [3.05, 3.63) is 65.9 Å². The van der Waals surface area contributed by atoms with Gasteiger partial charge < -0.3 is 18.9 Å². The number of carbonyl (C=O) groups is 2. The number of carbonyl (C=O) groups excluding carboxylic acids is 2. The first kappa shape index (κ1) is 27.5. The molecule has 192 valence electrons. The summed E-state index contributed by atoms with van der Waals surface area (Å²) in [6.07, 6.45) is 1.79. The maximum Gasteiger partial charge on any atom is 0.306 e. The minimum atomic E-state index is -0.332. The molecular formula is C26H30N2O6S2. The van der Waals surface area contributed by atoms with Crippen molar-refractivity contribution in [1.29, 1.82) is 0 Å². The third kappa shape index (κ3) is 9.18. The van der Waals surface area contributed by atoms with Crippen LogP contribution in [-0.2, 0) is 20.9 Å². The van der Waals surface area contributed by atoms with Crippen molar-refractivity contribution in [2.24, 2.45) is 0 Å². The lowest BCUT2D eigenvalue weighted by atomic mass is 10.2. The number of methoxy groups -OCH3 is 1. The Morgan fingerprint density at radius 2 is 1.92 bits per heavy atom. The first-order valence-electron chi connectivity index (χ1n) is 11.5. The van der Waals surface area contributed by atoms with Crippen LogP contribution in [0.5, 0.6) is 11.5 Å². The molecule has 0 saturated heterocycles. The molecule has 1 atom stereocenters. The number of anilines is 1. The molecule has 1 amide bonds. The zero-order chi connectivity index (χ0) is 25.8. The van der Waals surface area contributed by atoms with E-state index < -0.39 is 0 Å². The van der Waals surface area contributed by atoms with Gasteiger partial charge in [0.25, 0.3) is 5.91 Å². The van der Waals surface area contributed by atoms with E-state index in [1.165, 1.54) is 23.1 Å². The van der Waals surface area contributed by atoms with E-state index in [9.17, 15) is 9.59 Å². The normalized spacial score (nSPS) is 11.5. The van der Waals surface area contributed by atoms with Crippen LogP contribution in [0.2, 0.25) is 0 Å². The number of nitrogens with one attached hydrogen (secondary N) is 1. The van der Waals surface area contributed by atoms with E-state index in [-0.39, 0.29) is 18.0 Å². The molecule has 10 heteroatoms. The second-order valence-corrected chi connectivity index (χ2v) is 10.1. The Morgan fingerprint density at radius 1 is 1.14 bits per heavy atom. The van der Waals surface area contributed by atoms with Gasteiger partial charge in [-0.2, -0.15) is 0 Å². The van der Waals surface area contributed by atoms with Crippen molar-refractivity contribution in [3.63, 3.8) is 0 Å². The van der Waals surface area contributed by atoms with Gasteiger partial charge >= 0.3 is 5.97 Å². The second-order valence-electron chi connectivity index (χ2n) is 7.69. The summed E-state index contributed by atoms with van der Waals surface area (Å²) in [4.78, 5) is 28.8. The van der Waals surface area contributed by atoms with Gasteiger partial charge in [0.05, 0.1) is 30.0 Å². The number of amides is 1. The smallest absolute Gasteiger partial charge is 0.306 e. The molecule has 0 saturated carbocycles. The van der Waals surface area contributed by atoms with Crippen LogP contribution in [0.15, 0.2) is 58.9 Å². The zero-order valence-corrected chi connectivity index (χ0v) is 22.2. The van der Waals surface area contributed by atoms with Crippen LogP contribution in [0.3, 0.4) is 0 Å². The second kappa shape index (κ2) is 14.5. The summed E-state index contributed by atoms with van der Waals surface area (Å²) in [5, 5.41) is 3.29. The van der Waals surface area contributed by atoms with Crippen LogP contribution in [-0.4, -0.2) is 49.0 Å². The van der Waals surface area contributed by atoms with Crippen molar-refractivity contribution < 1.29 is 28.5 Å². The third-order valence-electron chi connectivity index (χ3n) is 4.69. The molecule has 2 aromatic carbocycles. The van der Waals surface area contributed by atoms with Crippen LogP contribution in [0, 0.1) is 0 Å². The number of thiazole rings is 1. The highest BCUT2D eigenvalue weighted by atomic mass is 32.2. The fourth-order valence-corrected chi connectivity index (χ4v) is 4.98. The minimum absolute atomic E-state index is 0.205. The van der Waals surface area contributed by atoms with E-state index in [4.69, 9.17) is 18.9 Å². The van der Waals surface area contributed by atoms with Crippen LogP contribution in [0.4, 0.5) is 5.13 Å². The lowest BCUT2D eigenvalue weighted by Crippen LogP contribution is -2.18. The Labute approximate surface area is 219 Å². The maximum atomic E-state index is 13.0. The topological polar surface area (TPSA) is 96.0 Å². The van der Waals surface area contributed by atoms with E-state index in [0.29, 0.717) is 54.2 Å². The summed E-state index contributed by atoms with van der Waals surface area (Å²) >= 11 is 2.83. The van der Waals surface area contributed by atoms with Gasteiger partial charge in [-0.05, 0) is 31.5 Å². The van der Waals surface area contributed by atoms with Gasteiger partial charge in [0, 0.05) is 24.5 Å². The number of ether oxygens (including phenoxy) is 4. The molecule has 0 fully saturated rings. The number of aromatic nitrogens is 1. The number of hydrogen-bond donors (Lipinski definition) is 1. The van der Waals surface area contributed by atoms with Gasteiger partial charge in [0.15, 0.2) is 5.13 Å². The lowest BCUT2D eigenvalue weighted by Gasteiger charge is -2.16. The fraction of sp³-hybridized carbons (Fsp3) is 0.346. The monoisotopic (exact) mass is 530 g/mol. The molecule has 0 aliphatic carbocycles. The predicted octanol–water partition coefficient (Wildman–Crippen LogP) is 5.43. The largest absolute Gasteiger partial charge is 0.489 e. The molecule has 8 nitrogen and oxygen atoms in total. The summed E-state index contributed by atoms with van der Waals surface area (Å²) in [5.74, 6) is 1.04. The molecule has 1 N–H and O–H groups in total. The molecule has 1 aromatic heterocycles. The maximum absolute atomic E-state index is 13.0. The van der Waals surface area contributed by atoms with E-state index in [0.717, 1.165) is 9.77 Å². The van der Waals surface area contributed by atoms with Gasteiger partial charge in [-0.25, -0.2) is 4.98 Å². The first-order chi connectivity index (χ1) is 17.5. The van der Waals surface area contributed by atoms with Crippen LogP contribution in [0.25, 0.3) is 0 Å². The molecule has 1 heterocycles. The molecule has 0 unspecified atom stereocenters. The molecule has 0 bridgehead atoms. The summed E-state index contributed by atoms with van der Waals surface area (Å²) in [5.41, 5.74) is 1.39. The van der Waals surface area contributed by atoms with E-state index in [1.807, 2.05) is 37.3 Å². The Hall–Kier alpha value is -3.08. The molecule has 0 spiro atoms. The average molecular weight is 531 g/mol. The molecule has 0 aliphatic rings. The van der Waals surface area contributed by atoms with Gasteiger partial charge in [-0.3, -0.25) is 14.9 Å². The van der Waals surface area contributed by atoms with Crippen molar-refractivity contribution in [3.8, 4) is 11.5 Å². The van der Waals surface area contributed by atoms with Crippen molar-refractivity contribution in [1.82, 2.24) is 4.98 Å². The number of benzene rings is 2. The van der Waals surface area contributed by atoms with Crippen molar-refractivity contribution in [2.75, 3.05) is 31.4 Å². The number of nitrogens with zero attached hydrogens (tertiary/aromatic N) is 1. The summed E-state index contributed by atoms with van der Waals surface area (Å²) in [6.45, 7) is 4.81. The predicted molar refractivity (Wildman–Crippen MR) is 141 cm³/mol. The SMILES string of the molecule is CCOC(=O)CCSc1cnc(NC(=O)c2cc(OCc3ccccc3)cc(O[C@@H](C)COC)c2)s1. The average Bonchev–Trinajstić information content (AvgIpc) is 3.30. The molecule has 36 heavy (non-hydrogen) atoms. The van der Waals surface area contributed by atoms with Crippen LogP contribution < -0.4 is 14.8 Å². The molecular weight excluding hydrogens is 500 g/mol. The van der Waals surface area contributed by atoms with Gasteiger partial charge in [-0.1, -0.05) is 41.7 Å². The van der Waals surface area contributed by atoms with E-state index in [1.54, 1.807) is 38.4 Å². The third-order valence-corrected chi connectivity index (χ3v) is 6.80. The number of hydrogen-bond acceptors (Lipinski definition) is 9. The Kier molecular flexibility index (Phi) is 11.1. The minimum Gasteiger partial charge on any atom is -0.489 e. The lowest BCUT2D eigenvalue weighted by molar-refractivity contribution is -0.142. The number of esters is 1. The number of thioether (sulfide) groups is 1.